The number of amides is 1. The first-order valence-corrected chi connectivity index (χ1v) is 8.55. The Morgan fingerprint density at radius 3 is 2.11 bits per heavy atom. The lowest BCUT2D eigenvalue weighted by Crippen LogP contribution is -2.58. The summed E-state index contributed by atoms with van der Waals surface area (Å²) in [5.74, 6) is 5.27. The van der Waals surface area contributed by atoms with Gasteiger partial charge in [0.15, 0.2) is 5.11 Å². The van der Waals surface area contributed by atoms with Gasteiger partial charge in [0.1, 0.15) is 12.3 Å². The molecular formula is C20H29N5O2S. The van der Waals surface area contributed by atoms with E-state index < -0.39 is 17.5 Å². The van der Waals surface area contributed by atoms with Crippen molar-refractivity contribution < 1.29 is 9.59 Å². The number of nitrogens with two attached hydrogens (primary N) is 3. The van der Waals surface area contributed by atoms with Crippen LogP contribution in [0.4, 0.5) is 0 Å². The molecule has 0 bridgehead atoms. The maximum absolute atomic E-state index is 10.7. The molecule has 0 spiro atoms. The molecular weight excluding hydrogens is 374 g/mol. The molecule has 0 fully saturated rings. The fraction of sp³-hybridized carbons (Fsp3) is 0.250. The van der Waals surface area contributed by atoms with E-state index in [9.17, 15) is 9.59 Å². The third kappa shape index (κ3) is 13.2. The van der Waals surface area contributed by atoms with E-state index in [0.717, 1.165) is 11.8 Å². The Labute approximate surface area is 172 Å². The fourth-order valence-corrected chi connectivity index (χ4v) is 1.88. The average molecular weight is 404 g/mol. The molecule has 1 aromatic rings. The Hall–Kier alpha value is -2.99. The molecule has 1 atom stereocenters. The monoisotopic (exact) mass is 403 g/mol. The molecule has 0 saturated heterocycles. The molecule has 8 N–H and O–H groups in total. The van der Waals surface area contributed by atoms with Gasteiger partial charge in [-0.15, -0.1) is 13.2 Å². The van der Waals surface area contributed by atoms with Crippen molar-refractivity contribution >= 4 is 29.5 Å². The van der Waals surface area contributed by atoms with Crippen LogP contribution >= 0.6 is 12.2 Å². The van der Waals surface area contributed by atoms with Gasteiger partial charge in [-0.25, -0.2) is 0 Å². The van der Waals surface area contributed by atoms with Gasteiger partial charge in [-0.1, -0.05) is 24.0 Å². The molecule has 0 saturated carbocycles. The molecule has 1 aromatic carbocycles. The second kappa shape index (κ2) is 15.1. The topological polar surface area (TPSA) is 136 Å². The third-order valence-corrected chi connectivity index (χ3v) is 3.09. The molecule has 0 radical (unpaired) electrons. The SMILES string of the molecule is C=C.CNC(C(N)=O)C(C)(C)N.NC(=S)N/C=C/C#Cc1ccc(C=O)cc1. The second-order valence-electron chi connectivity index (χ2n) is 5.80. The van der Waals surface area contributed by atoms with Gasteiger partial charge in [-0.2, -0.15) is 0 Å². The highest BCUT2D eigenvalue weighted by Crippen LogP contribution is 2.03. The summed E-state index contributed by atoms with van der Waals surface area (Å²) in [7, 11) is 1.66. The van der Waals surface area contributed by atoms with Gasteiger partial charge in [-0.05, 0) is 45.2 Å². The van der Waals surface area contributed by atoms with Crippen molar-refractivity contribution in [2.75, 3.05) is 7.05 Å². The highest BCUT2D eigenvalue weighted by Gasteiger charge is 2.27. The van der Waals surface area contributed by atoms with Crippen LogP contribution in [-0.2, 0) is 4.79 Å². The van der Waals surface area contributed by atoms with Crippen LogP contribution in [0, 0.1) is 11.8 Å². The Morgan fingerprint density at radius 2 is 1.79 bits per heavy atom. The van der Waals surface area contributed by atoms with Crippen LogP contribution in [-0.4, -0.2) is 35.9 Å². The molecule has 7 nitrogen and oxygen atoms in total. The number of benzene rings is 1. The van der Waals surface area contributed by atoms with E-state index in [1.807, 2.05) is 0 Å². The number of primary amides is 1. The van der Waals surface area contributed by atoms with Gasteiger partial charge in [0.2, 0.25) is 5.91 Å². The largest absolute Gasteiger partial charge is 0.376 e. The molecule has 0 aliphatic carbocycles. The van der Waals surface area contributed by atoms with E-state index in [0.29, 0.717) is 5.56 Å². The van der Waals surface area contributed by atoms with Gasteiger partial charge >= 0.3 is 0 Å². The molecule has 28 heavy (non-hydrogen) atoms. The van der Waals surface area contributed by atoms with Crippen LogP contribution in [0.1, 0.15) is 29.8 Å². The van der Waals surface area contributed by atoms with E-state index in [1.165, 1.54) is 0 Å². The van der Waals surface area contributed by atoms with Crippen molar-refractivity contribution in [3.63, 3.8) is 0 Å². The lowest BCUT2D eigenvalue weighted by atomic mass is 9.96. The van der Waals surface area contributed by atoms with E-state index in [-0.39, 0.29) is 5.11 Å². The predicted molar refractivity (Wildman–Crippen MR) is 119 cm³/mol. The Kier molecular flexibility index (Phi) is 14.7. The van der Waals surface area contributed by atoms with Gasteiger partial charge in [0.05, 0.1) is 0 Å². The van der Waals surface area contributed by atoms with E-state index in [2.05, 4.69) is 47.9 Å². The van der Waals surface area contributed by atoms with Crippen LogP contribution in [0.5, 0.6) is 0 Å². The minimum Gasteiger partial charge on any atom is -0.376 e. The van der Waals surface area contributed by atoms with Crippen molar-refractivity contribution in [2.24, 2.45) is 17.2 Å². The van der Waals surface area contributed by atoms with E-state index in [4.69, 9.17) is 17.2 Å². The van der Waals surface area contributed by atoms with Crippen molar-refractivity contribution in [2.45, 2.75) is 25.4 Å². The zero-order valence-electron chi connectivity index (χ0n) is 16.5. The quantitative estimate of drug-likeness (QED) is 0.212. The summed E-state index contributed by atoms with van der Waals surface area (Å²) >= 11 is 4.60. The van der Waals surface area contributed by atoms with Crippen molar-refractivity contribution in [1.82, 2.24) is 10.6 Å². The molecule has 1 rings (SSSR count). The van der Waals surface area contributed by atoms with Crippen LogP contribution < -0.4 is 27.8 Å². The molecule has 0 aliphatic heterocycles. The van der Waals surface area contributed by atoms with Crippen LogP contribution in [0.25, 0.3) is 0 Å². The molecule has 0 aliphatic rings. The first-order chi connectivity index (χ1) is 13.1. The molecule has 0 aromatic heterocycles. The van der Waals surface area contributed by atoms with Gasteiger partial charge < -0.3 is 27.8 Å². The van der Waals surface area contributed by atoms with Crippen LogP contribution in [0.2, 0.25) is 0 Å². The average Bonchev–Trinajstić information content (AvgIpc) is 2.63. The van der Waals surface area contributed by atoms with Gasteiger partial charge in [0, 0.05) is 28.9 Å². The lowest BCUT2D eigenvalue weighted by molar-refractivity contribution is -0.121. The number of carbonyl (C=O) groups excluding carboxylic acids is 2. The van der Waals surface area contributed by atoms with E-state index in [1.54, 1.807) is 57.4 Å². The van der Waals surface area contributed by atoms with Gasteiger partial charge in [-0.3, -0.25) is 9.59 Å². The summed E-state index contributed by atoms with van der Waals surface area (Å²) in [6.45, 7) is 9.50. The fourth-order valence-electron chi connectivity index (χ4n) is 1.82. The standard InChI is InChI=1S/C12H10N2OS.C6H15N3O.C2H4/c13-12(16)14-8-2-1-3-10-4-6-11(9-15)7-5-10;1-6(2,8)4(9-3)5(7)10;1-2/h2,4-9H,(H3,13,14,16);4,9H,8H2,1-3H3,(H2,7,10);1-2H2/b8-2+;;. The summed E-state index contributed by atoms with van der Waals surface area (Å²) < 4.78 is 0. The van der Waals surface area contributed by atoms with Crippen molar-refractivity contribution in [3.05, 3.63) is 60.8 Å². The number of allylic oxidation sites excluding steroid dienone is 1. The van der Waals surface area contributed by atoms with Crippen LogP contribution in [0.15, 0.2) is 49.7 Å². The highest BCUT2D eigenvalue weighted by molar-refractivity contribution is 7.80. The maximum atomic E-state index is 10.7. The number of aldehydes is 1. The van der Waals surface area contributed by atoms with Crippen molar-refractivity contribution in [1.29, 1.82) is 0 Å². The summed E-state index contributed by atoms with van der Waals surface area (Å²) in [4.78, 5) is 21.1. The predicted octanol–water partition coefficient (Wildman–Crippen LogP) is 0.797. The zero-order chi connectivity index (χ0) is 22.2. The second-order valence-corrected chi connectivity index (χ2v) is 6.24. The zero-order valence-corrected chi connectivity index (χ0v) is 17.3. The minimum absolute atomic E-state index is 0.202. The minimum atomic E-state index is -0.597. The Bertz CT molecular complexity index is 713. The Morgan fingerprint density at radius 1 is 1.25 bits per heavy atom. The van der Waals surface area contributed by atoms with Crippen molar-refractivity contribution in [3.8, 4) is 11.8 Å². The summed E-state index contributed by atoms with van der Waals surface area (Å²) in [6.07, 6.45) is 3.96. The highest BCUT2D eigenvalue weighted by atomic mass is 32.1. The molecule has 152 valence electrons. The first-order valence-electron chi connectivity index (χ1n) is 8.15. The van der Waals surface area contributed by atoms with Gasteiger partial charge in [0.25, 0.3) is 0 Å². The maximum Gasteiger partial charge on any atom is 0.236 e. The number of nitrogens with one attached hydrogen (secondary N) is 2. The number of likely N-dealkylation sites (N-methyl/N-ethyl adjacent to an activating group) is 1. The summed E-state index contributed by atoms with van der Waals surface area (Å²) in [5, 5.41) is 5.57. The number of thiocarbonyl (C=S) groups is 1. The normalized spacial score (nSPS) is 10.7. The smallest absolute Gasteiger partial charge is 0.236 e. The number of hydrogen-bond acceptors (Lipinski definition) is 5. The summed E-state index contributed by atoms with van der Waals surface area (Å²) in [5.41, 5.74) is 16.8. The van der Waals surface area contributed by atoms with E-state index >= 15 is 0 Å². The molecule has 1 amide bonds. The first kappa shape index (κ1) is 27.2. The summed E-state index contributed by atoms with van der Waals surface area (Å²) in [6, 6.07) is 6.53. The number of carbonyl (C=O) groups is 2. The third-order valence-electron chi connectivity index (χ3n) is 2.97. The molecule has 1 unspecified atom stereocenters. The number of hydrogen-bond donors (Lipinski definition) is 5. The Balaban J connectivity index is 0. The number of rotatable bonds is 5. The van der Waals surface area contributed by atoms with Crippen LogP contribution in [0.3, 0.4) is 0 Å². The lowest BCUT2D eigenvalue weighted by Gasteiger charge is -2.26. The molecule has 0 heterocycles. The molecule has 8 heteroatoms.